The second-order valence-electron chi connectivity index (χ2n) is 5.71. The third-order valence-corrected chi connectivity index (χ3v) is 4.57. The molecule has 130 valence electrons. The summed E-state index contributed by atoms with van der Waals surface area (Å²) in [6, 6.07) is 0. The van der Waals surface area contributed by atoms with Crippen LogP contribution in [0.2, 0.25) is 0 Å². The highest BCUT2D eigenvalue weighted by Gasteiger charge is 2.24. The molecule has 0 saturated carbocycles. The molecule has 1 saturated heterocycles. The van der Waals surface area contributed by atoms with Crippen molar-refractivity contribution in [2.24, 2.45) is 10.9 Å². The molecule has 5 nitrogen and oxygen atoms in total. The van der Waals surface area contributed by atoms with Gasteiger partial charge in [-0.3, -0.25) is 9.79 Å². The largest absolute Gasteiger partial charge is 0.357 e. The minimum absolute atomic E-state index is 0. The lowest BCUT2D eigenvalue weighted by atomic mass is 10.1. The summed E-state index contributed by atoms with van der Waals surface area (Å²) < 4.78 is 0. The Kier molecular flexibility index (Phi) is 11.3. The maximum absolute atomic E-state index is 12.0. The van der Waals surface area contributed by atoms with Crippen molar-refractivity contribution in [3.63, 3.8) is 0 Å². The summed E-state index contributed by atoms with van der Waals surface area (Å²) in [5.74, 6) is 1.32. The van der Waals surface area contributed by atoms with Crippen molar-refractivity contribution < 1.29 is 4.79 Å². The molecule has 0 spiro atoms. The number of guanidine groups is 1. The van der Waals surface area contributed by atoms with Gasteiger partial charge in [0, 0.05) is 43.9 Å². The van der Waals surface area contributed by atoms with Crippen LogP contribution in [0.5, 0.6) is 0 Å². The van der Waals surface area contributed by atoms with E-state index in [4.69, 9.17) is 4.99 Å². The number of hydrogen-bond acceptors (Lipinski definition) is 3. The van der Waals surface area contributed by atoms with Crippen LogP contribution in [-0.4, -0.2) is 72.4 Å². The summed E-state index contributed by atoms with van der Waals surface area (Å²) in [5, 5.41) is 3.89. The summed E-state index contributed by atoms with van der Waals surface area (Å²) in [6.07, 6.45) is 2.11. The molecule has 1 N–H and O–H groups in total. The van der Waals surface area contributed by atoms with E-state index in [0.29, 0.717) is 5.25 Å². The number of amides is 1. The molecule has 1 aliphatic heterocycles. The molecule has 1 atom stereocenters. The quantitative estimate of drug-likeness (QED) is 0.403. The molecule has 1 rings (SSSR count). The van der Waals surface area contributed by atoms with Gasteiger partial charge in [-0.2, -0.15) is 11.8 Å². The van der Waals surface area contributed by atoms with Crippen molar-refractivity contribution in [1.82, 2.24) is 15.1 Å². The van der Waals surface area contributed by atoms with Crippen LogP contribution in [0.1, 0.15) is 27.7 Å². The first kappa shape index (κ1) is 21.8. The molecule has 0 aromatic rings. The molecule has 22 heavy (non-hydrogen) atoms. The molecule has 1 aliphatic rings. The van der Waals surface area contributed by atoms with Crippen LogP contribution in [0, 0.1) is 5.92 Å². The highest BCUT2D eigenvalue weighted by Crippen LogP contribution is 2.09. The highest BCUT2D eigenvalue weighted by molar-refractivity contribution is 14.0. The van der Waals surface area contributed by atoms with Gasteiger partial charge in [0.15, 0.2) is 5.96 Å². The smallest absolute Gasteiger partial charge is 0.225 e. The van der Waals surface area contributed by atoms with Gasteiger partial charge in [0.25, 0.3) is 0 Å². The fourth-order valence-electron chi connectivity index (χ4n) is 2.22. The van der Waals surface area contributed by atoms with Crippen LogP contribution in [0.4, 0.5) is 0 Å². The second-order valence-corrected chi connectivity index (χ2v) is 6.98. The zero-order chi connectivity index (χ0) is 15.8. The van der Waals surface area contributed by atoms with E-state index < -0.39 is 0 Å². The molecule has 0 aromatic heterocycles. The van der Waals surface area contributed by atoms with Crippen LogP contribution in [-0.2, 0) is 4.79 Å². The van der Waals surface area contributed by atoms with Crippen molar-refractivity contribution >= 4 is 47.6 Å². The van der Waals surface area contributed by atoms with E-state index in [0.717, 1.165) is 45.2 Å². The number of nitrogens with one attached hydrogen (secondary N) is 1. The molecule has 1 amide bonds. The molecular formula is C15H31IN4OS. The van der Waals surface area contributed by atoms with Crippen LogP contribution in [0.15, 0.2) is 4.99 Å². The Bertz CT molecular complexity index is 357. The van der Waals surface area contributed by atoms with Gasteiger partial charge in [-0.1, -0.05) is 20.8 Å². The molecule has 1 fully saturated rings. The lowest BCUT2D eigenvalue weighted by molar-refractivity contribution is -0.135. The Hall–Kier alpha value is -0.180. The summed E-state index contributed by atoms with van der Waals surface area (Å²) in [4.78, 5) is 21.0. The molecule has 0 bridgehead atoms. The summed E-state index contributed by atoms with van der Waals surface area (Å²) >= 11 is 1.83. The molecule has 0 radical (unpaired) electrons. The third-order valence-electron chi connectivity index (χ3n) is 3.62. The number of aliphatic imine (C=N–C) groups is 1. The maximum atomic E-state index is 12.0. The zero-order valence-electron chi connectivity index (χ0n) is 14.5. The van der Waals surface area contributed by atoms with E-state index in [2.05, 4.69) is 30.3 Å². The van der Waals surface area contributed by atoms with E-state index in [1.54, 1.807) is 0 Å². The highest BCUT2D eigenvalue weighted by atomic mass is 127. The van der Waals surface area contributed by atoms with Gasteiger partial charge in [-0.05, 0) is 13.2 Å². The molecular weight excluding hydrogens is 411 g/mol. The molecule has 0 aliphatic carbocycles. The number of carbonyl (C=O) groups excluding carboxylic acids is 1. The minimum atomic E-state index is 0. The Labute approximate surface area is 156 Å². The molecule has 1 unspecified atom stereocenters. The number of carbonyl (C=O) groups is 1. The maximum Gasteiger partial charge on any atom is 0.225 e. The monoisotopic (exact) mass is 442 g/mol. The lowest BCUT2D eigenvalue weighted by Crippen LogP contribution is -2.54. The predicted molar refractivity (Wildman–Crippen MR) is 107 cm³/mol. The SMILES string of the molecule is CCNC(=NCC(C)SC)N1CCN(C(=O)C(C)C)CC1.I. The van der Waals surface area contributed by atoms with Gasteiger partial charge in [0.1, 0.15) is 0 Å². The van der Waals surface area contributed by atoms with Gasteiger partial charge >= 0.3 is 0 Å². The molecule has 0 aromatic carbocycles. The molecule has 1 heterocycles. The van der Waals surface area contributed by atoms with Gasteiger partial charge in [-0.15, -0.1) is 24.0 Å². The fraction of sp³-hybridized carbons (Fsp3) is 0.867. The number of halogens is 1. The first-order valence-electron chi connectivity index (χ1n) is 7.84. The number of hydrogen-bond donors (Lipinski definition) is 1. The Morgan fingerprint density at radius 2 is 1.73 bits per heavy atom. The first-order chi connectivity index (χ1) is 9.99. The minimum Gasteiger partial charge on any atom is -0.357 e. The molecule has 7 heteroatoms. The summed E-state index contributed by atoms with van der Waals surface area (Å²) in [6.45, 7) is 13.2. The van der Waals surface area contributed by atoms with Crippen molar-refractivity contribution in [1.29, 1.82) is 0 Å². The van der Waals surface area contributed by atoms with Crippen molar-refractivity contribution in [2.75, 3.05) is 45.5 Å². The number of nitrogens with zero attached hydrogens (tertiary/aromatic N) is 3. The normalized spacial score (nSPS) is 17.3. The van der Waals surface area contributed by atoms with Crippen LogP contribution in [0.3, 0.4) is 0 Å². The van der Waals surface area contributed by atoms with E-state index in [1.165, 1.54) is 0 Å². The van der Waals surface area contributed by atoms with E-state index >= 15 is 0 Å². The van der Waals surface area contributed by atoms with Crippen LogP contribution in [0.25, 0.3) is 0 Å². The van der Waals surface area contributed by atoms with Crippen molar-refractivity contribution in [2.45, 2.75) is 32.9 Å². The summed E-state index contributed by atoms with van der Waals surface area (Å²) in [7, 11) is 0. The van der Waals surface area contributed by atoms with Gasteiger partial charge < -0.3 is 15.1 Å². The number of rotatable bonds is 5. The second kappa shape index (κ2) is 11.4. The zero-order valence-corrected chi connectivity index (χ0v) is 17.6. The van der Waals surface area contributed by atoms with Gasteiger partial charge in [0.2, 0.25) is 5.91 Å². The predicted octanol–water partition coefficient (Wildman–Crippen LogP) is 2.12. The van der Waals surface area contributed by atoms with E-state index in [1.807, 2.05) is 30.5 Å². The first-order valence-corrected chi connectivity index (χ1v) is 9.13. The fourth-order valence-corrected chi connectivity index (χ4v) is 2.44. The van der Waals surface area contributed by atoms with Crippen LogP contribution < -0.4 is 5.32 Å². The topological polar surface area (TPSA) is 47.9 Å². The summed E-state index contributed by atoms with van der Waals surface area (Å²) in [5.41, 5.74) is 0. The van der Waals surface area contributed by atoms with Crippen LogP contribution >= 0.6 is 35.7 Å². The third kappa shape index (κ3) is 6.93. The standard InChI is InChI=1S/C15H30N4OS.HI/c1-6-16-15(17-11-13(4)21-5)19-9-7-18(8-10-19)14(20)12(2)3;/h12-13H,6-11H2,1-5H3,(H,16,17);1H. The Morgan fingerprint density at radius 3 is 2.18 bits per heavy atom. The van der Waals surface area contributed by atoms with E-state index in [-0.39, 0.29) is 35.8 Å². The Morgan fingerprint density at radius 1 is 1.18 bits per heavy atom. The Balaban J connectivity index is 0.00000441. The van der Waals surface area contributed by atoms with E-state index in [9.17, 15) is 4.79 Å². The van der Waals surface area contributed by atoms with Crippen molar-refractivity contribution in [3.05, 3.63) is 0 Å². The number of thioether (sulfide) groups is 1. The average Bonchev–Trinajstić information content (AvgIpc) is 2.50. The van der Waals surface area contributed by atoms with Crippen molar-refractivity contribution in [3.8, 4) is 0 Å². The van der Waals surface area contributed by atoms with Gasteiger partial charge in [-0.25, -0.2) is 0 Å². The number of piperazine rings is 1. The van der Waals surface area contributed by atoms with Gasteiger partial charge in [0.05, 0.1) is 6.54 Å². The lowest BCUT2D eigenvalue weighted by Gasteiger charge is -2.37. The average molecular weight is 442 g/mol.